The molecule has 0 spiro atoms. The van der Waals surface area contributed by atoms with E-state index in [4.69, 9.17) is 14.2 Å². The standard InChI is InChI=1S/C19H22FNO4/c1-13(25-16-7-5-15(20)6-8-16)19(22)21-11-10-14-4-9-17(23-2)18(12-14)24-3/h4-9,12-13H,10-11H2,1-3H3,(H,21,22)/t13-/m0/s1. The molecule has 0 unspecified atom stereocenters. The minimum atomic E-state index is -0.670. The van der Waals surface area contributed by atoms with Gasteiger partial charge in [-0.1, -0.05) is 6.07 Å². The Labute approximate surface area is 146 Å². The van der Waals surface area contributed by atoms with Crippen molar-refractivity contribution in [2.45, 2.75) is 19.4 Å². The van der Waals surface area contributed by atoms with E-state index in [2.05, 4.69) is 5.32 Å². The third-order valence-electron chi connectivity index (χ3n) is 3.66. The first-order chi connectivity index (χ1) is 12.0. The zero-order chi connectivity index (χ0) is 18.2. The summed E-state index contributed by atoms with van der Waals surface area (Å²) in [6.07, 6.45) is -0.0223. The Balaban J connectivity index is 1.82. The second kappa shape index (κ2) is 8.92. The van der Waals surface area contributed by atoms with Crippen molar-refractivity contribution in [1.82, 2.24) is 5.32 Å². The molecular formula is C19H22FNO4. The first-order valence-electron chi connectivity index (χ1n) is 7.94. The van der Waals surface area contributed by atoms with E-state index in [0.29, 0.717) is 30.2 Å². The summed E-state index contributed by atoms with van der Waals surface area (Å²) >= 11 is 0. The van der Waals surface area contributed by atoms with E-state index in [9.17, 15) is 9.18 Å². The molecule has 0 aromatic heterocycles. The van der Waals surface area contributed by atoms with E-state index in [1.165, 1.54) is 24.3 Å². The van der Waals surface area contributed by atoms with Gasteiger partial charge in [0.15, 0.2) is 17.6 Å². The van der Waals surface area contributed by atoms with Crippen LogP contribution in [0.3, 0.4) is 0 Å². The summed E-state index contributed by atoms with van der Waals surface area (Å²) in [4.78, 5) is 12.1. The second-order valence-electron chi connectivity index (χ2n) is 5.44. The van der Waals surface area contributed by atoms with Crippen molar-refractivity contribution in [2.24, 2.45) is 0 Å². The van der Waals surface area contributed by atoms with Crippen LogP contribution in [0.1, 0.15) is 12.5 Å². The number of ether oxygens (including phenoxy) is 3. The van der Waals surface area contributed by atoms with Gasteiger partial charge in [-0.25, -0.2) is 4.39 Å². The Kier molecular flexibility index (Phi) is 6.62. The number of carbonyl (C=O) groups is 1. The van der Waals surface area contributed by atoms with Gasteiger partial charge in [0.2, 0.25) is 0 Å². The molecule has 0 bridgehead atoms. The molecule has 1 amide bonds. The first-order valence-corrected chi connectivity index (χ1v) is 7.94. The van der Waals surface area contributed by atoms with E-state index >= 15 is 0 Å². The normalized spacial score (nSPS) is 11.5. The summed E-state index contributed by atoms with van der Waals surface area (Å²) in [5.41, 5.74) is 1.02. The fourth-order valence-electron chi connectivity index (χ4n) is 2.28. The minimum Gasteiger partial charge on any atom is -0.493 e. The summed E-state index contributed by atoms with van der Waals surface area (Å²) in [5.74, 6) is 1.18. The fourth-order valence-corrected chi connectivity index (χ4v) is 2.28. The number of amides is 1. The van der Waals surface area contributed by atoms with Gasteiger partial charge in [-0.15, -0.1) is 0 Å². The van der Waals surface area contributed by atoms with Crippen molar-refractivity contribution in [3.63, 3.8) is 0 Å². The van der Waals surface area contributed by atoms with Crippen LogP contribution < -0.4 is 19.5 Å². The van der Waals surface area contributed by atoms with Crippen LogP contribution in [0.4, 0.5) is 4.39 Å². The van der Waals surface area contributed by atoms with Gasteiger partial charge in [-0.2, -0.15) is 0 Å². The maximum atomic E-state index is 12.9. The average molecular weight is 347 g/mol. The number of benzene rings is 2. The highest BCUT2D eigenvalue weighted by atomic mass is 19.1. The van der Waals surface area contributed by atoms with Crippen molar-refractivity contribution in [3.05, 3.63) is 53.8 Å². The molecule has 5 nitrogen and oxygen atoms in total. The summed E-state index contributed by atoms with van der Waals surface area (Å²) < 4.78 is 28.8. The van der Waals surface area contributed by atoms with Gasteiger partial charge in [0.25, 0.3) is 5.91 Å². The van der Waals surface area contributed by atoms with Crippen LogP contribution >= 0.6 is 0 Å². The van der Waals surface area contributed by atoms with Crippen LogP contribution in [0.25, 0.3) is 0 Å². The van der Waals surface area contributed by atoms with Crippen LogP contribution in [0.15, 0.2) is 42.5 Å². The lowest BCUT2D eigenvalue weighted by Crippen LogP contribution is -2.37. The zero-order valence-electron chi connectivity index (χ0n) is 14.5. The third kappa shape index (κ3) is 5.38. The molecule has 0 aliphatic heterocycles. The van der Waals surface area contributed by atoms with E-state index in [-0.39, 0.29) is 11.7 Å². The molecule has 6 heteroatoms. The molecule has 25 heavy (non-hydrogen) atoms. The number of nitrogens with one attached hydrogen (secondary N) is 1. The van der Waals surface area contributed by atoms with Gasteiger partial charge in [0, 0.05) is 6.54 Å². The van der Waals surface area contributed by atoms with Gasteiger partial charge in [0.05, 0.1) is 14.2 Å². The van der Waals surface area contributed by atoms with E-state index in [1.54, 1.807) is 21.1 Å². The molecule has 1 N–H and O–H groups in total. The number of hydrogen-bond acceptors (Lipinski definition) is 4. The highest BCUT2D eigenvalue weighted by molar-refractivity contribution is 5.80. The molecule has 0 heterocycles. The predicted octanol–water partition coefficient (Wildman–Crippen LogP) is 2.97. The first kappa shape index (κ1) is 18.6. The Morgan fingerprint density at radius 1 is 1.08 bits per heavy atom. The van der Waals surface area contributed by atoms with Crippen molar-refractivity contribution >= 4 is 5.91 Å². The van der Waals surface area contributed by atoms with Gasteiger partial charge in [0.1, 0.15) is 11.6 Å². The molecule has 1 atom stereocenters. The highest BCUT2D eigenvalue weighted by Crippen LogP contribution is 2.27. The quantitative estimate of drug-likeness (QED) is 0.798. The maximum absolute atomic E-state index is 12.9. The van der Waals surface area contributed by atoms with Crippen molar-refractivity contribution < 1.29 is 23.4 Å². The molecule has 134 valence electrons. The van der Waals surface area contributed by atoms with Crippen LogP contribution in [-0.4, -0.2) is 32.8 Å². The SMILES string of the molecule is COc1ccc(CCNC(=O)[C@H](C)Oc2ccc(F)cc2)cc1OC. The summed E-state index contributed by atoms with van der Waals surface area (Å²) in [6, 6.07) is 11.2. The average Bonchev–Trinajstić information content (AvgIpc) is 2.63. The molecule has 0 aliphatic rings. The Hall–Kier alpha value is -2.76. The molecular weight excluding hydrogens is 325 g/mol. The Morgan fingerprint density at radius 3 is 2.40 bits per heavy atom. The lowest BCUT2D eigenvalue weighted by molar-refractivity contribution is -0.127. The smallest absolute Gasteiger partial charge is 0.260 e. The molecule has 2 rings (SSSR count). The molecule has 0 radical (unpaired) electrons. The highest BCUT2D eigenvalue weighted by Gasteiger charge is 2.14. The largest absolute Gasteiger partial charge is 0.493 e. The number of carbonyl (C=O) groups excluding carboxylic acids is 1. The molecule has 0 saturated heterocycles. The van der Waals surface area contributed by atoms with E-state index in [0.717, 1.165) is 5.56 Å². The van der Waals surface area contributed by atoms with Gasteiger partial charge in [-0.3, -0.25) is 4.79 Å². The van der Waals surface area contributed by atoms with Gasteiger partial charge >= 0.3 is 0 Å². The monoisotopic (exact) mass is 347 g/mol. The zero-order valence-corrected chi connectivity index (χ0v) is 14.5. The van der Waals surface area contributed by atoms with Crippen molar-refractivity contribution in [1.29, 1.82) is 0 Å². The summed E-state index contributed by atoms with van der Waals surface area (Å²) in [6.45, 7) is 2.11. The molecule has 0 aliphatic carbocycles. The van der Waals surface area contributed by atoms with Gasteiger partial charge in [-0.05, 0) is 55.3 Å². The van der Waals surface area contributed by atoms with Crippen LogP contribution in [0, 0.1) is 5.82 Å². The fraction of sp³-hybridized carbons (Fsp3) is 0.316. The van der Waals surface area contributed by atoms with E-state index < -0.39 is 6.10 Å². The molecule has 2 aromatic carbocycles. The maximum Gasteiger partial charge on any atom is 0.260 e. The number of rotatable bonds is 8. The van der Waals surface area contributed by atoms with Gasteiger partial charge < -0.3 is 19.5 Å². The molecule has 0 fully saturated rings. The summed E-state index contributed by atoms with van der Waals surface area (Å²) in [7, 11) is 3.16. The lowest BCUT2D eigenvalue weighted by atomic mass is 10.1. The summed E-state index contributed by atoms with van der Waals surface area (Å²) in [5, 5.41) is 2.82. The number of hydrogen-bond donors (Lipinski definition) is 1. The Bertz CT molecular complexity index is 703. The minimum absolute atomic E-state index is 0.232. The lowest BCUT2D eigenvalue weighted by Gasteiger charge is -2.15. The topological polar surface area (TPSA) is 56.8 Å². The molecule has 2 aromatic rings. The van der Waals surface area contributed by atoms with Crippen molar-refractivity contribution in [2.75, 3.05) is 20.8 Å². The predicted molar refractivity (Wildman–Crippen MR) is 92.7 cm³/mol. The van der Waals surface area contributed by atoms with Crippen LogP contribution in [-0.2, 0) is 11.2 Å². The van der Waals surface area contributed by atoms with E-state index in [1.807, 2.05) is 18.2 Å². The van der Waals surface area contributed by atoms with Crippen LogP contribution in [0.2, 0.25) is 0 Å². The second-order valence-corrected chi connectivity index (χ2v) is 5.44. The Morgan fingerprint density at radius 2 is 1.76 bits per heavy atom. The van der Waals surface area contributed by atoms with Crippen molar-refractivity contribution in [3.8, 4) is 17.2 Å². The number of halogens is 1. The van der Waals surface area contributed by atoms with Crippen LogP contribution in [0.5, 0.6) is 17.2 Å². The number of methoxy groups -OCH3 is 2. The third-order valence-corrected chi connectivity index (χ3v) is 3.66. The molecule has 0 saturated carbocycles.